The van der Waals surface area contributed by atoms with Gasteiger partial charge in [0, 0.05) is 6.54 Å². The first kappa shape index (κ1) is 35.5. The second-order valence-corrected chi connectivity index (χ2v) is 14.1. The fourth-order valence-corrected chi connectivity index (χ4v) is 7.20. The standard InChI is InChI=1S/C30H41N5O8S2/c1-16-14-22(41-7)17(2)18(3)25(16)45(39,40)35-28(31)32-13-9-10-21(34-29(38)43-30(4,5)6)24(36)26-33-20-12-11-19(27(37)42-8)15-23(20)44-26/h11-12,14-15,21,24,36H,9-10,13H2,1-8H3,(H,34,38)(H3,31,32,35)/t21-,24?/m0/s1. The first-order valence-corrected chi connectivity index (χ1v) is 16.4. The molecule has 0 bridgehead atoms. The van der Waals surface area contributed by atoms with Crippen LogP contribution in [0.2, 0.25) is 0 Å². The predicted octanol–water partition coefficient (Wildman–Crippen LogP) is 4.23. The molecule has 13 nitrogen and oxygen atoms in total. The molecule has 1 unspecified atom stereocenters. The lowest BCUT2D eigenvalue weighted by Gasteiger charge is -2.26. The Balaban J connectivity index is 1.70. The van der Waals surface area contributed by atoms with Crippen LogP contribution in [0, 0.1) is 26.2 Å². The van der Waals surface area contributed by atoms with E-state index in [9.17, 15) is 23.1 Å². The first-order chi connectivity index (χ1) is 21.0. The maximum Gasteiger partial charge on any atom is 0.407 e. The minimum atomic E-state index is -4.07. The number of thiazole rings is 1. The van der Waals surface area contributed by atoms with Crippen LogP contribution in [-0.2, 0) is 19.5 Å². The lowest BCUT2D eigenvalue weighted by atomic mass is 10.1. The van der Waals surface area contributed by atoms with Crippen molar-refractivity contribution in [1.82, 2.24) is 20.3 Å². The summed E-state index contributed by atoms with van der Waals surface area (Å²) < 4.78 is 44.7. The number of esters is 1. The third-order valence-corrected chi connectivity index (χ3v) is 9.59. The number of aliphatic hydroxyl groups excluding tert-OH is 1. The highest BCUT2D eigenvalue weighted by Gasteiger charge is 2.28. The molecule has 5 N–H and O–H groups in total. The molecule has 0 spiro atoms. The normalized spacial score (nSPS) is 13.1. The van der Waals surface area contributed by atoms with Gasteiger partial charge in [0.2, 0.25) is 5.96 Å². The number of amides is 1. The van der Waals surface area contributed by atoms with Crippen molar-refractivity contribution in [2.45, 2.75) is 77.0 Å². The summed E-state index contributed by atoms with van der Waals surface area (Å²) in [7, 11) is -1.27. The third kappa shape index (κ3) is 9.05. The molecule has 0 saturated heterocycles. The van der Waals surface area contributed by atoms with Crippen molar-refractivity contribution in [2.24, 2.45) is 0 Å². The first-order valence-electron chi connectivity index (χ1n) is 14.1. The van der Waals surface area contributed by atoms with E-state index in [4.69, 9.17) is 19.6 Å². The van der Waals surface area contributed by atoms with Crippen LogP contribution >= 0.6 is 11.3 Å². The molecule has 2 aromatic carbocycles. The van der Waals surface area contributed by atoms with Crippen molar-refractivity contribution in [3.8, 4) is 5.75 Å². The summed E-state index contributed by atoms with van der Waals surface area (Å²) in [6.07, 6.45) is -1.39. The molecule has 0 aliphatic heterocycles. The number of nitrogens with one attached hydrogen (secondary N) is 4. The summed E-state index contributed by atoms with van der Waals surface area (Å²) in [4.78, 5) is 29.1. The Bertz CT molecular complexity index is 1680. The van der Waals surface area contributed by atoms with Gasteiger partial charge < -0.3 is 30.0 Å². The molecule has 2 atom stereocenters. The average molecular weight is 664 g/mol. The lowest BCUT2D eigenvalue weighted by molar-refractivity contribution is 0.0411. The van der Waals surface area contributed by atoms with E-state index in [1.54, 1.807) is 65.8 Å². The molecule has 0 aliphatic rings. The van der Waals surface area contributed by atoms with Gasteiger partial charge in [-0.3, -0.25) is 5.41 Å². The fraction of sp³-hybridized carbons (Fsp3) is 0.467. The summed E-state index contributed by atoms with van der Waals surface area (Å²) in [6, 6.07) is 5.66. The van der Waals surface area contributed by atoms with Gasteiger partial charge in [-0.1, -0.05) is 0 Å². The Labute approximate surface area is 267 Å². The number of alkyl carbamates (subject to hydrolysis) is 1. The van der Waals surface area contributed by atoms with E-state index in [0.717, 1.165) is 0 Å². The molecule has 0 aliphatic carbocycles. The summed E-state index contributed by atoms with van der Waals surface area (Å²) in [5, 5.41) is 25.2. The second-order valence-electron chi connectivity index (χ2n) is 11.4. The van der Waals surface area contributed by atoms with E-state index >= 15 is 0 Å². The number of hydrogen-bond acceptors (Lipinski definition) is 11. The zero-order valence-corrected chi connectivity index (χ0v) is 28.3. The monoisotopic (exact) mass is 663 g/mol. The minimum absolute atomic E-state index is 0.0756. The van der Waals surface area contributed by atoms with Crippen molar-refractivity contribution >= 4 is 49.6 Å². The van der Waals surface area contributed by atoms with E-state index in [2.05, 4.69) is 20.3 Å². The van der Waals surface area contributed by atoms with Gasteiger partial charge in [-0.25, -0.2) is 27.7 Å². The van der Waals surface area contributed by atoms with E-state index in [0.29, 0.717) is 49.6 Å². The number of aliphatic hydroxyl groups is 1. The number of ether oxygens (including phenoxy) is 3. The van der Waals surface area contributed by atoms with Crippen LogP contribution in [0.1, 0.15) is 71.8 Å². The maximum atomic E-state index is 13.1. The van der Waals surface area contributed by atoms with Gasteiger partial charge in [0.1, 0.15) is 22.5 Å². The number of aromatic nitrogens is 1. The molecule has 0 fully saturated rings. The molecule has 246 valence electrons. The van der Waals surface area contributed by atoms with E-state index in [1.807, 2.05) is 0 Å². The molecule has 0 radical (unpaired) electrons. The summed E-state index contributed by atoms with van der Waals surface area (Å²) >= 11 is 1.17. The van der Waals surface area contributed by atoms with E-state index < -0.39 is 45.8 Å². The number of aryl methyl sites for hydroxylation is 1. The number of carbonyl (C=O) groups excluding carboxylic acids is 2. The number of hydrogen-bond donors (Lipinski definition) is 5. The van der Waals surface area contributed by atoms with Gasteiger partial charge in [-0.15, -0.1) is 11.3 Å². The van der Waals surface area contributed by atoms with Crippen LogP contribution in [0.4, 0.5) is 4.79 Å². The average Bonchev–Trinajstić information content (AvgIpc) is 3.38. The number of guanidine groups is 1. The number of rotatable bonds is 11. The van der Waals surface area contributed by atoms with Crippen LogP contribution in [0.5, 0.6) is 5.75 Å². The largest absolute Gasteiger partial charge is 0.496 e. The topological polar surface area (TPSA) is 189 Å². The second kappa shape index (κ2) is 14.4. The molecule has 3 aromatic rings. The van der Waals surface area contributed by atoms with E-state index in [1.165, 1.54) is 25.6 Å². The molecular weight excluding hydrogens is 622 g/mol. The number of fused-ring (bicyclic) bond motifs is 1. The summed E-state index contributed by atoms with van der Waals surface area (Å²) in [6.45, 7) is 10.4. The third-order valence-electron chi connectivity index (χ3n) is 6.86. The van der Waals surface area contributed by atoms with Crippen molar-refractivity contribution < 1.29 is 37.3 Å². The zero-order chi connectivity index (χ0) is 33.7. The van der Waals surface area contributed by atoms with Gasteiger partial charge in [0.05, 0.1) is 40.9 Å². The Morgan fingerprint density at radius 1 is 1.11 bits per heavy atom. The molecule has 1 aromatic heterocycles. The quantitative estimate of drug-likeness (QED) is 0.0860. The van der Waals surface area contributed by atoms with Gasteiger partial charge in [0.25, 0.3) is 10.0 Å². The highest BCUT2D eigenvalue weighted by molar-refractivity contribution is 7.90. The number of carbonyl (C=O) groups is 2. The fourth-order valence-electron chi connectivity index (χ4n) is 4.66. The van der Waals surface area contributed by atoms with Gasteiger partial charge >= 0.3 is 12.1 Å². The summed E-state index contributed by atoms with van der Waals surface area (Å²) in [5.41, 5.74) is 1.83. The maximum absolute atomic E-state index is 13.1. The SMILES string of the molecule is COC(=O)c1ccc2nc(C(O)[C@H](CCCNC(=N)NS(=O)(=O)c3c(C)cc(OC)c(C)c3C)NC(=O)OC(C)(C)C)sc2c1. The number of methoxy groups -OCH3 is 2. The van der Waals surface area contributed by atoms with Gasteiger partial charge in [0.15, 0.2) is 0 Å². The molecule has 1 amide bonds. The van der Waals surface area contributed by atoms with Crippen LogP contribution in [0.15, 0.2) is 29.2 Å². The highest BCUT2D eigenvalue weighted by atomic mass is 32.2. The minimum Gasteiger partial charge on any atom is -0.496 e. The molecule has 15 heteroatoms. The van der Waals surface area contributed by atoms with Crippen LogP contribution in [0.3, 0.4) is 0 Å². The van der Waals surface area contributed by atoms with Crippen LogP contribution < -0.4 is 20.1 Å². The van der Waals surface area contributed by atoms with Crippen molar-refractivity contribution in [3.05, 3.63) is 51.5 Å². The molecular formula is C30H41N5O8S2. The molecule has 0 saturated carbocycles. The Morgan fingerprint density at radius 2 is 1.80 bits per heavy atom. The Kier molecular flexibility index (Phi) is 11.4. The van der Waals surface area contributed by atoms with Gasteiger partial charge in [-0.2, -0.15) is 0 Å². The molecule has 3 rings (SSSR count). The smallest absolute Gasteiger partial charge is 0.407 e. The van der Waals surface area contributed by atoms with Crippen molar-refractivity contribution in [1.29, 1.82) is 5.41 Å². The van der Waals surface area contributed by atoms with E-state index in [-0.39, 0.29) is 17.9 Å². The summed E-state index contributed by atoms with van der Waals surface area (Å²) in [5.74, 6) is -0.348. The zero-order valence-electron chi connectivity index (χ0n) is 26.7. The molecule has 45 heavy (non-hydrogen) atoms. The number of sulfonamides is 1. The number of benzene rings is 2. The van der Waals surface area contributed by atoms with Crippen molar-refractivity contribution in [3.63, 3.8) is 0 Å². The predicted molar refractivity (Wildman–Crippen MR) is 172 cm³/mol. The van der Waals surface area contributed by atoms with Crippen LogP contribution in [-0.4, -0.2) is 68.9 Å². The highest BCUT2D eigenvalue weighted by Crippen LogP contribution is 2.31. The number of nitrogens with zero attached hydrogens (tertiary/aromatic N) is 1. The van der Waals surface area contributed by atoms with Gasteiger partial charge in [-0.05, 0) is 95.3 Å². The Morgan fingerprint density at radius 3 is 2.42 bits per heavy atom. The molecule has 1 heterocycles. The van der Waals surface area contributed by atoms with Crippen molar-refractivity contribution in [2.75, 3.05) is 20.8 Å². The lowest BCUT2D eigenvalue weighted by Crippen LogP contribution is -2.43. The van der Waals surface area contributed by atoms with Crippen LogP contribution in [0.25, 0.3) is 10.2 Å². The Hall–Kier alpha value is -3.95.